The third-order valence-electron chi connectivity index (χ3n) is 9.10. The first kappa shape index (κ1) is 19.6. The summed E-state index contributed by atoms with van der Waals surface area (Å²) in [4.78, 5) is 14.4. The maximum Gasteiger partial charge on any atom is 0.164 e. The van der Waals surface area contributed by atoms with Gasteiger partial charge in [0.15, 0.2) is 17.5 Å². The molecule has 0 bridgehead atoms. The molecule has 4 nitrogen and oxygen atoms in total. The van der Waals surface area contributed by atoms with Crippen LogP contribution in [-0.2, 0) is 0 Å². The fourth-order valence-corrected chi connectivity index (χ4v) is 6.40. The van der Waals surface area contributed by atoms with Crippen molar-refractivity contribution in [3.05, 3.63) is 206 Å². The number of rotatable bonds is 7. The average Bonchev–Trinajstić information content (AvgIpc) is 3.75. The van der Waals surface area contributed by atoms with Gasteiger partial charge in [-0.25, -0.2) is 15.0 Å². The van der Waals surface area contributed by atoms with E-state index < -0.39 is 125 Å². The lowest BCUT2D eigenvalue weighted by molar-refractivity contribution is 1.07. The highest BCUT2D eigenvalue weighted by Gasteiger charge is 2.17. The lowest BCUT2D eigenvalue weighted by Crippen LogP contribution is -2.00. The summed E-state index contributed by atoms with van der Waals surface area (Å²) in [6.45, 7) is 0. The first-order valence-electron chi connectivity index (χ1n) is 25.2. The molecule has 0 aliphatic heterocycles. The molecule has 0 amide bonds. The van der Waals surface area contributed by atoms with Gasteiger partial charge in [0.2, 0.25) is 0 Å². The van der Waals surface area contributed by atoms with Crippen LogP contribution < -0.4 is 0 Å². The number of aromatic nitrogens is 4. The Bertz CT molecular complexity index is 3710. The molecule has 2 aromatic heterocycles. The Kier molecular flexibility index (Phi) is 4.93. The van der Waals surface area contributed by atoms with Crippen molar-refractivity contribution in [3.8, 4) is 73.2 Å². The van der Waals surface area contributed by atoms with E-state index in [-0.39, 0.29) is 33.8 Å². The third kappa shape index (κ3) is 6.16. The van der Waals surface area contributed by atoms with Crippen LogP contribution in [0.5, 0.6) is 0 Å². The van der Waals surface area contributed by atoms with Gasteiger partial charge in [0.1, 0.15) is 0 Å². The highest BCUT2D eigenvalue weighted by molar-refractivity contribution is 6.10. The van der Waals surface area contributed by atoms with Crippen LogP contribution in [0.15, 0.2) is 206 Å². The fourth-order valence-electron chi connectivity index (χ4n) is 6.40. The summed E-state index contributed by atoms with van der Waals surface area (Å²) in [6.07, 6.45) is 0. The first-order valence-corrected chi connectivity index (χ1v) is 17.2. The zero-order chi connectivity index (χ0) is 50.5. The highest BCUT2D eigenvalue weighted by atomic mass is 15.0. The minimum absolute atomic E-state index is 0.148. The summed E-state index contributed by atoms with van der Waals surface area (Å²) in [6, 6.07) is 22.2. The predicted octanol–water partition coefficient (Wildman–Crippen LogP) is 13.0. The molecule has 0 atom stereocenters. The van der Waals surface area contributed by atoms with E-state index in [4.69, 9.17) is 28.7 Å². The van der Waals surface area contributed by atoms with Crippen molar-refractivity contribution >= 4 is 21.8 Å². The topological polar surface area (TPSA) is 43.6 Å². The van der Waals surface area contributed by atoms with E-state index in [1.807, 2.05) is 109 Å². The van der Waals surface area contributed by atoms with Crippen LogP contribution in [0.1, 0.15) is 21.9 Å². The second-order valence-electron chi connectivity index (χ2n) is 12.4. The Balaban J connectivity index is 1.26. The van der Waals surface area contributed by atoms with E-state index in [0.717, 1.165) is 26.8 Å². The largest absolute Gasteiger partial charge is 0.309 e. The monoisotopic (exact) mass is 718 g/mol. The minimum atomic E-state index is -0.871. The van der Waals surface area contributed by atoms with Crippen molar-refractivity contribution in [1.82, 2.24) is 19.5 Å². The number of para-hydroxylation sites is 1. The van der Waals surface area contributed by atoms with Gasteiger partial charge >= 0.3 is 0 Å². The van der Waals surface area contributed by atoms with E-state index in [9.17, 15) is 8.22 Å². The van der Waals surface area contributed by atoms with Gasteiger partial charge < -0.3 is 4.57 Å². The molecule has 258 valence electrons. The van der Waals surface area contributed by atoms with Crippen molar-refractivity contribution in [3.63, 3.8) is 0 Å². The smallest absolute Gasteiger partial charge is 0.164 e. The second kappa shape index (κ2) is 13.8. The molecular formula is C51H34N4. The van der Waals surface area contributed by atoms with Crippen LogP contribution in [-0.4, -0.2) is 19.5 Å². The van der Waals surface area contributed by atoms with Gasteiger partial charge in [-0.15, -0.1) is 0 Å². The molecule has 0 saturated carbocycles. The van der Waals surface area contributed by atoms with E-state index in [0.29, 0.717) is 11.1 Å². The van der Waals surface area contributed by atoms with Crippen LogP contribution in [0.2, 0.25) is 0 Å². The summed E-state index contributed by atoms with van der Waals surface area (Å²) < 4.78 is 144. The molecule has 0 spiro atoms. The highest BCUT2D eigenvalue weighted by Crippen LogP contribution is 2.36. The maximum atomic E-state index is 9.87. The second-order valence-corrected chi connectivity index (χ2v) is 12.4. The molecular weight excluding hydrogens is 669 g/mol. The van der Waals surface area contributed by atoms with Crippen molar-refractivity contribution in [2.24, 2.45) is 0 Å². The molecule has 8 aromatic carbocycles. The molecule has 0 aliphatic carbocycles. The van der Waals surface area contributed by atoms with Crippen LogP contribution in [0.4, 0.5) is 0 Å². The Labute approximate surface area is 342 Å². The van der Waals surface area contributed by atoms with Crippen LogP contribution in [0.3, 0.4) is 0 Å². The SMILES string of the molecule is [2H]c1c([2H])c([2H])c(-c2c([2H])c([2H])c(-n3c4c([2H])c([2H])c([2H])c([2H])c4c4c([2H])c(-c5nc(-c6ccc(-c7ccccc7)cc6)nc(-c6ccc(-c7ccccc7)cc6)n5)c([2H])c([2H])c43)c([2H])c2[2H])c([2H])c1[2H]. The normalized spacial score (nSPS) is 15.3. The summed E-state index contributed by atoms with van der Waals surface area (Å²) >= 11 is 0. The van der Waals surface area contributed by atoms with Crippen LogP contribution in [0.25, 0.3) is 95.0 Å². The molecule has 10 rings (SSSR count). The Morgan fingerprint density at radius 3 is 1.35 bits per heavy atom. The maximum absolute atomic E-state index is 9.87. The summed E-state index contributed by atoms with van der Waals surface area (Å²) in [5.74, 6) is 0.0763. The number of hydrogen-bond acceptors (Lipinski definition) is 3. The molecule has 0 N–H and O–H groups in total. The van der Waals surface area contributed by atoms with Gasteiger partial charge in [-0.1, -0.05) is 170 Å². The fraction of sp³-hybridized carbons (Fsp3) is 0. The Hall–Kier alpha value is -7.43. The molecule has 4 heteroatoms. The van der Waals surface area contributed by atoms with Crippen molar-refractivity contribution in [2.45, 2.75) is 0 Å². The van der Waals surface area contributed by atoms with E-state index in [1.54, 1.807) is 0 Å². The molecule has 0 unspecified atom stereocenters. The van der Waals surface area contributed by atoms with Gasteiger partial charge in [0, 0.05) is 33.2 Å². The van der Waals surface area contributed by atoms with E-state index in [2.05, 4.69) is 0 Å². The molecule has 55 heavy (non-hydrogen) atoms. The summed E-state index contributed by atoms with van der Waals surface area (Å²) in [5, 5.41) is -0.641. The average molecular weight is 719 g/mol. The van der Waals surface area contributed by atoms with Gasteiger partial charge in [0.05, 0.1) is 33.0 Å². The van der Waals surface area contributed by atoms with Crippen LogP contribution >= 0.6 is 0 Å². The predicted molar refractivity (Wildman–Crippen MR) is 227 cm³/mol. The lowest BCUT2D eigenvalue weighted by atomic mass is 10.0. The quantitative estimate of drug-likeness (QED) is 0.165. The number of fused-ring (bicyclic) bond motifs is 3. The molecule has 0 radical (unpaired) electrons. The molecule has 0 fully saturated rings. The molecule has 10 aromatic rings. The number of nitrogens with zero attached hydrogens (tertiary/aromatic N) is 4. The zero-order valence-electron chi connectivity index (χ0n) is 44.7. The van der Waals surface area contributed by atoms with Crippen molar-refractivity contribution < 1.29 is 21.9 Å². The van der Waals surface area contributed by atoms with E-state index in [1.165, 1.54) is 0 Å². The summed E-state index contributed by atoms with van der Waals surface area (Å²) in [7, 11) is 0. The zero-order valence-corrected chi connectivity index (χ0v) is 28.7. The van der Waals surface area contributed by atoms with Gasteiger partial charge in [-0.2, -0.15) is 0 Å². The summed E-state index contributed by atoms with van der Waals surface area (Å²) in [5.41, 5.74) is 1.80. The van der Waals surface area contributed by atoms with E-state index >= 15 is 0 Å². The molecule has 0 aliphatic rings. The van der Waals surface area contributed by atoms with Crippen LogP contribution in [0, 0.1) is 0 Å². The third-order valence-corrected chi connectivity index (χ3v) is 9.10. The standard InChI is InChI=1S/C51H34N4/c1-4-12-35(13-5-1)38-20-24-41(25-21-38)49-52-50(42-26-22-39(23-27-42)36-14-6-2-7-15-36)54-51(53-49)43-30-33-48-46(34-43)45-18-10-11-19-47(45)55(48)44-31-28-40(29-32-44)37-16-8-3-9-17-37/h1-34H/i3D,8D,9D,10D,11D,16D,17D,18D,19D,28D,29D,30D,31D,32D,33D,34D. The molecule has 0 saturated heterocycles. The lowest BCUT2D eigenvalue weighted by Gasteiger charge is -2.11. The van der Waals surface area contributed by atoms with Gasteiger partial charge in [-0.05, 0) is 69.6 Å². The number of benzene rings is 8. The molecule has 2 heterocycles. The minimum Gasteiger partial charge on any atom is -0.309 e. The Morgan fingerprint density at radius 1 is 0.327 bits per heavy atom. The van der Waals surface area contributed by atoms with Gasteiger partial charge in [0.25, 0.3) is 0 Å². The number of hydrogen-bond donors (Lipinski definition) is 0. The van der Waals surface area contributed by atoms with Crippen molar-refractivity contribution in [2.75, 3.05) is 0 Å². The Morgan fingerprint density at radius 2 is 0.764 bits per heavy atom. The van der Waals surface area contributed by atoms with Crippen molar-refractivity contribution in [1.29, 1.82) is 0 Å². The first-order chi connectivity index (χ1) is 33.9. The van der Waals surface area contributed by atoms with Gasteiger partial charge in [-0.3, -0.25) is 0 Å².